The number of aliphatic imine (C=N–C) groups is 1. The van der Waals surface area contributed by atoms with Gasteiger partial charge in [0.25, 0.3) is 0 Å². The number of carbonyl (C=O) groups excluding carboxylic acids is 1. The van der Waals surface area contributed by atoms with Crippen LogP contribution in [0.5, 0.6) is 0 Å². The number of carbonyl (C=O) groups is 1. The molecule has 1 aliphatic rings. The maximum atomic E-state index is 12.7. The predicted molar refractivity (Wildman–Crippen MR) is 35.7 cm³/mol. The summed E-state index contributed by atoms with van der Waals surface area (Å²) in [5.74, 6) is -0.472. The minimum absolute atomic E-state index is 0.472. The van der Waals surface area contributed by atoms with Gasteiger partial charge in [-0.3, -0.25) is 4.90 Å². The summed E-state index contributed by atoms with van der Waals surface area (Å²) in [5, 5.41) is 8.96. The van der Waals surface area contributed by atoms with Gasteiger partial charge in [-0.25, -0.2) is 9.18 Å². The fraction of sp³-hybridized carbons (Fsp3) is 0.600. The number of amides is 2. The molecule has 2 amide bonds. The second kappa shape index (κ2) is 2.46. The third kappa shape index (κ3) is 1.16. The fourth-order valence-corrected chi connectivity index (χ4v) is 0.713. The molecule has 1 rings (SSSR count). The molecule has 62 valence electrons. The zero-order valence-corrected chi connectivity index (χ0v) is 5.86. The molecule has 6 heteroatoms. The zero-order valence-electron chi connectivity index (χ0n) is 5.86. The number of aliphatic hydroxyl groups excluding tert-OH is 1. The highest BCUT2D eigenvalue weighted by molar-refractivity contribution is 5.98. The van der Waals surface area contributed by atoms with Crippen LogP contribution < -0.4 is 5.73 Å². The van der Waals surface area contributed by atoms with Crippen LogP contribution in [0.4, 0.5) is 9.18 Å². The van der Waals surface area contributed by atoms with E-state index in [1.807, 2.05) is 0 Å². The Morgan fingerprint density at radius 1 is 1.82 bits per heavy atom. The zero-order chi connectivity index (χ0) is 8.59. The average molecular weight is 161 g/mol. The highest BCUT2D eigenvalue weighted by Gasteiger charge is 2.33. The maximum Gasteiger partial charge on any atom is 0.347 e. The van der Waals surface area contributed by atoms with E-state index in [2.05, 4.69) is 4.99 Å². The summed E-state index contributed by atoms with van der Waals surface area (Å²) in [6, 6.07) is -0.732. The van der Waals surface area contributed by atoms with E-state index < -0.39 is 24.3 Å². The van der Waals surface area contributed by atoms with Gasteiger partial charge in [0.05, 0.1) is 0 Å². The van der Waals surface area contributed by atoms with Crippen molar-refractivity contribution in [2.75, 3.05) is 7.05 Å². The van der Waals surface area contributed by atoms with E-state index in [0.717, 1.165) is 4.90 Å². The number of urea groups is 1. The maximum absolute atomic E-state index is 12.7. The fourth-order valence-electron chi connectivity index (χ4n) is 0.713. The van der Waals surface area contributed by atoms with Crippen LogP contribution in [-0.2, 0) is 0 Å². The molecule has 0 spiro atoms. The third-order valence-corrected chi connectivity index (χ3v) is 1.47. The highest BCUT2D eigenvalue weighted by atomic mass is 19.1. The van der Waals surface area contributed by atoms with Crippen LogP contribution in [0.25, 0.3) is 0 Å². The summed E-state index contributed by atoms with van der Waals surface area (Å²) in [7, 11) is 1.25. The molecule has 2 atom stereocenters. The molecule has 0 bridgehead atoms. The van der Waals surface area contributed by atoms with Gasteiger partial charge in [-0.05, 0) is 0 Å². The van der Waals surface area contributed by atoms with Gasteiger partial charge in [-0.15, -0.1) is 0 Å². The van der Waals surface area contributed by atoms with E-state index in [1.165, 1.54) is 7.05 Å². The van der Waals surface area contributed by atoms with Crippen LogP contribution >= 0.6 is 0 Å². The van der Waals surface area contributed by atoms with Gasteiger partial charge in [0.1, 0.15) is 5.84 Å². The number of aliphatic hydroxyl groups is 1. The molecule has 0 aromatic rings. The lowest BCUT2D eigenvalue weighted by molar-refractivity contribution is 0.00460. The quantitative estimate of drug-likeness (QED) is 0.481. The largest absolute Gasteiger partial charge is 0.384 e. The molecule has 0 saturated heterocycles. The molecule has 11 heavy (non-hydrogen) atoms. The summed E-state index contributed by atoms with van der Waals surface area (Å²) in [6.07, 6.45) is -3.29. The highest BCUT2D eigenvalue weighted by Crippen LogP contribution is 2.10. The van der Waals surface area contributed by atoms with Crippen LogP contribution in [0.15, 0.2) is 4.99 Å². The Labute approximate surface area is 62.3 Å². The van der Waals surface area contributed by atoms with E-state index in [0.29, 0.717) is 0 Å². The monoisotopic (exact) mass is 161 g/mol. The van der Waals surface area contributed by atoms with Crippen LogP contribution in [-0.4, -0.2) is 41.3 Å². The van der Waals surface area contributed by atoms with Crippen LogP contribution in [0.3, 0.4) is 0 Å². The Bertz CT molecular complexity index is 218. The number of nitrogens with two attached hydrogens (primary N) is 1. The first kappa shape index (κ1) is 7.93. The second-order valence-electron chi connectivity index (χ2n) is 2.25. The number of amidine groups is 1. The molecule has 3 N–H and O–H groups in total. The topological polar surface area (TPSA) is 78.9 Å². The number of nitrogens with zero attached hydrogens (tertiary/aromatic N) is 2. The van der Waals surface area contributed by atoms with Crippen LogP contribution in [0, 0.1) is 0 Å². The normalized spacial score (nSPS) is 32.1. The van der Waals surface area contributed by atoms with Crippen molar-refractivity contribution >= 4 is 11.9 Å². The van der Waals surface area contributed by atoms with Gasteiger partial charge in [0.2, 0.25) is 6.17 Å². The van der Waals surface area contributed by atoms with Crippen molar-refractivity contribution in [1.82, 2.24) is 4.90 Å². The van der Waals surface area contributed by atoms with E-state index in [-0.39, 0.29) is 0 Å². The number of hydrogen-bond acceptors (Lipinski definition) is 3. The van der Waals surface area contributed by atoms with Gasteiger partial charge in [0, 0.05) is 7.05 Å². The van der Waals surface area contributed by atoms with Crippen molar-refractivity contribution in [1.29, 1.82) is 0 Å². The minimum atomic E-state index is -1.78. The summed E-state index contributed by atoms with van der Waals surface area (Å²) < 4.78 is 12.7. The summed E-state index contributed by atoms with van der Waals surface area (Å²) in [6.45, 7) is 0. The SMILES string of the molecule is CN1C(=O)N=C(N)[C@@H](F)[C@@H]1O. The summed E-state index contributed by atoms with van der Waals surface area (Å²) in [5.41, 5.74) is 4.99. The van der Waals surface area contributed by atoms with Crippen LogP contribution in [0.1, 0.15) is 0 Å². The molecule has 1 heterocycles. The Hall–Kier alpha value is -1.17. The van der Waals surface area contributed by atoms with Gasteiger partial charge < -0.3 is 10.8 Å². The smallest absolute Gasteiger partial charge is 0.347 e. The van der Waals surface area contributed by atoms with E-state index in [9.17, 15) is 9.18 Å². The minimum Gasteiger partial charge on any atom is -0.384 e. The van der Waals surface area contributed by atoms with Crippen molar-refractivity contribution in [3.8, 4) is 0 Å². The third-order valence-electron chi connectivity index (χ3n) is 1.47. The summed E-state index contributed by atoms with van der Waals surface area (Å²) in [4.78, 5) is 14.6. The first-order valence-corrected chi connectivity index (χ1v) is 2.97. The van der Waals surface area contributed by atoms with Crippen LogP contribution in [0.2, 0.25) is 0 Å². The van der Waals surface area contributed by atoms with Crippen molar-refractivity contribution in [3.05, 3.63) is 0 Å². The molecule has 0 aromatic carbocycles. The number of rotatable bonds is 0. The first-order chi connectivity index (χ1) is 5.04. The van der Waals surface area contributed by atoms with E-state index in [1.54, 1.807) is 0 Å². The Morgan fingerprint density at radius 2 is 2.36 bits per heavy atom. The molecule has 0 saturated carbocycles. The van der Waals surface area contributed by atoms with E-state index in [4.69, 9.17) is 10.8 Å². The lowest BCUT2D eigenvalue weighted by Gasteiger charge is -2.27. The molecule has 0 aliphatic carbocycles. The Kier molecular flexibility index (Phi) is 1.77. The molecule has 0 unspecified atom stereocenters. The number of halogens is 1. The molecule has 0 aromatic heterocycles. The standard InChI is InChI=1S/C5H8FN3O2/c1-9-4(10)2(6)3(7)8-5(9)11/h2,4,10H,1H3,(H2,7,8,11)/t2-,4+/m1/s1. The molecule has 1 aliphatic heterocycles. The summed E-state index contributed by atoms with van der Waals surface area (Å²) >= 11 is 0. The van der Waals surface area contributed by atoms with Gasteiger partial charge in [0.15, 0.2) is 6.23 Å². The van der Waals surface area contributed by atoms with E-state index >= 15 is 0 Å². The molecule has 0 radical (unpaired) electrons. The second-order valence-corrected chi connectivity index (χ2v) is 2.25. The molecule has 5 nitrogen and oxygen atoms in total. The molecular formula is C5H8FN3O2. The molecule has 0 fully saturated rings. The van der Waals surface area contributed by atoms with Crippen molar-refractivity contribution in [2.45, 2.75) is 12.4 Å². The van der Waals surface area contributed by atoms with Gasteiger partial charge in [-0.2, -0.15) is 4.99 Å². The lowest BCUT2D eigenvalue weighted by atomic mass is 10.2. The number of hydrogen-bond donors (Lipinski definition) is 2. The lowest BCUT2D eigenvalue weighted by Crippen LogP contribution is -2.51. The molecular weight excluding hydrogens is 153 g/mol. The van der Waals surface area contributed by atoms with Gasteiger partial charge in [-0.1, -0.05) is 0 Å². The first-order valence-electron chi connectivity index (χ1n) is 2.97. The predicted octanol–water partition coefficient (Wildman–Crippen LogP) is -0.935. The average Bonchev–Trinajstić information content (AvgIpc) is 1.97. The van der Waals surface area contributed by atoms with Gasteiger partial charge >= 0.3 is 6.03 Å². The Morgan fingerprint density at radius 3 is 2.91 bits per heavy atom. The van der Waals surface area contributed by atoms with Crippen molar-refractivity contribution in [2.24, 2.45) is 10.7 Å². The van der Waals surface area contributed by atoms with Crippen molar-refractivity contribution in [3.63, 3.8) is 0 Å². The van der Waals surface area contributed by atoms with Crippen molar-refractivity contribution < 1.29 is 14.3 Å². The Balaban J connectivity index is 2.92. The number of alkyl halides is 1.